The van der Waals surface area contributed by atoms with Crippen LogP contribution in [0.3, 0.4) is 0 Å². The van der Waals surface area contributed by atoms with Crippen molar-refractivity contribution in [2.45, 2.75) is 18.2 Å². The van der Waals surface area contributed by atoms with Crippen molar-refractivity contribution in [3.8, 4) is 0 Å². The van der Waals surface area contributed by atoms with Crippen molar-refractivity contribution >= 4 is 26.0 Å². The lowest BCUT2D eigenvalue weighted by molar-refractivity contribution is 0.576. The molecular formula is C11H17BrN2O2S. The van der Waals surface area contributed by atoms with Crippen molar-refractivity contribution in [3.63, 3.8) is 0 Å². The van der Waals surface area contributed by atoms with Gasteiger partial charge in [-0.25, -0.2) is 13.1 Å². The van der Waals surface area contributed by atoms with E-state index in [1.807, 2.05) is 14.0 Å². The van der Waals surface area contributed by atoms with E-state index in [-0.39, 0.29) is 4.90 Å². The van der Waals surface area contributed by atoms with Crippen molar-refractivity contribution in [2.24, 2.45) is 0 Å². The van der Waals surface area contributed by atoms with Crippen molar-refractivity contribution in [1.82, 2.24) is 10.0 Å². The molecule has 0 bridgehead atoms. The van der Waals surface area contributed by atoms with E-state index in [4.69, 9.17) is 0 Å². The van der Waals surface area contributed by atoms with E-state index in [1.165, 1.54) is 0 Å². The van der Waals surface area contributed by atoms with E-state index >= 15 is 0 Å². The van der Waals surface area contributed by atoms with Crippen LogP contribution >= 0.6 is 15.9 Å². The van der Waals surface area contributed by atoms with Gasteiger partial charge in [0.25, 0.3) is 0 Å². The fourth-order valence-corrected chi connectivity index (χ4v) is 3.64. The quantitative estimate of drug-likeness (QED) is 0.783. The number of hydrogen-bond donors (Lipinski definition) is 2. The Morgan fingerprint density at radius 3 is 2.59 bits per heavy atom. The molecule has 17 heavy (non-hydrogen) atoms. The highest BCUT2D eigenvalue weighted by Gasteiger charge is 2.16. The number of rotatable bonds is 6. The van der Waals surface area contributed by atoms with Gasteiger partial charge < -0.3 is 5.32 Å². The standard InChI is InChI=1S/C11H17BrN2O2S/c1-9-4-5-11(10(12)8-9)17(15,16)14-7-3-6-13-2/h4-5,8,13-14H,3,6-7H2,1-2H3. The number of hydrogen-bond acceptors (Lipinski definition) is 3. The van der Waals surface area contributed by atoms with Gasteiger partial charge in [0, 0.05) is 11.0 Å². The van der Waals surface area contributed by atoms with Crippen LogP contribution in [0.15, 0.2) is 27.6 Å². The number of sulfonamides is 1. The van der Waals surface area contributed by atoms with Crippen LogP contribution in [0, 0.1) is 6.92 Å². The SMILES string of the molecule is CNCCCNS(=O)(=O)c1ccc(C)cc1Br. The summed E-state index contributed by atoms with van der Waals surface area (Å²) in [5.41, 5.74) is 1.02. The van der Waals surface area contributed by atoms with E-state index in [0.717, 1.165) is 18.5 Å². The Labute approximate surface area is 111 Å². The normalized spacial score (nSPS) is 11.7. The van der Waals surface area contributed by atoms with E-state index in [0.29, 0.717) is 11.0 Å². The molecular weight excluding hydrogens is 304 g/mol. The van der Waals surface area contributed by atoms with E-state index in [9.17, 15) is 8.42 Å². The molecule has 4 nitrogen and oxygen atoms in total. The van der Waals surface area contributed by atoms with Crippen molar-refractivity contribution in [3.05, 3.63) is 28.2 Å². The maximum absolute atomic E-state index is 12.0. The smallest absolute Gasteiger partial charge is 0.241 e. The second kappa shape index (κ2) is 6.49. The number of halogens is 1. The molecule has 96 valence electrons. The molecule has 0 amide bonds. The molecule has 0 aliphatic carbocycles. The minimum Gasteiger partial charge on any atom is -0.320 e. The Kier molecular flexibility index (Phi) is 5.58. The summed E-state index contributed by atoms with van der Waals surface area (Å²) in [5.74, 6) is 0. The minimum absolute atomic E-state index is 0.285. The third-order valence-corrected chi connectivity index (χ3v) is 4.71. The molecule has 0 aliphatic rings. The molecule has 2 N–H and O–H groups in total. The summed E-state index contributed by atoms with van der Waals surface area (Å²) in [6.07, 6.45) is 0.763. The monoisotopic (exact) mass is 320 g/mol. The third-order valence-electron chi connectivity index (χ3n) is 2.27. The molecule has 1 aromatic carbocycles. The highest BCUT2D eigenvalue weighted by Crippen LogP contribution is 2.22. The van der Waals surface area contributed by atoms with Crippen LogP contribution in [0.2, 0.25) is 0 Å². The zero-order chi connectivity index (χ0) is 12.9. The lowest BCUT2D eigenvalue weighted by Crippen LogP contribution is -2.27. The van der Waals surface area contributed by atoms with Gasteiger partial charge in [0.2, 0.25) is 10.0 Å². The lowest BCUT2D eigenvalue weighted by Gasteiger charge is -2.08. The first-order valence-corrected chi connectivity index (χ1v) is 7.65. The Morgan fingerprint density at radius 2 is 2.00 bits per heavy atom. The molecule has 0 atom stereocenters. The van der Waals surface area contributed by atoms with E-state index < -0.39 is 10.0 Å². The zero-order valence-corrected chi connectivity index (χ0v) is 12.4. The topological polar surface area (TPSA) is 58.2 Å². The highest BCUT2D eigenvalue weighted by molar-refractivity contribution is 9.10. The summed E-state index contributed by atoms with van der Waals surface area (Å²) in [6.45, 7) is 3.14. The molecule has 0 aromatic heterocycles. The zero-order valence-electron chi connectivity index (χ0n) is 9.96. The molecule has 0 saturated carbocycles. The first kappa shape index (κ1) is 14.6. The molecule has 0 fully saturated rings. The van der Waals surface area contributed by atoms with Gasteiger partial charge in [-0.05, 0) is 60.6 Å². The van der Waals surface area contributed by atoms with Crippen LogP contribution in [0.4, 0.5) is 0 Å². The molecule has 0 unspecified atom stereocenters. The fraction of sp³-hybridized carbons (Fsp3) is 0.455. The van der Waals surface area contributed by atoms with Gasteiger partial charge in [-0.3, -0.25) is 0 Å². The largest absolute Gasteiger partial charge is 0.320 e. The van der Waals surface area contributed by atoms with Gasteiger partial charge >= 0.3 is 0 Å². The third kappa shape index (κ3) is 4.39. The Bertz CT molecular complexity index is 474. The van der Waals surface area contributed by atoms with Crippen LogP contribution < -0.4 is 10.0 Å². The van der Waals surface area contributed by atoms with Gasteiger partial charge in [0.05, 0.1) is 4.90 Å². The van der Waals surface area contributed by atoms with Crippen LogP contribution in [-0.2, 0) is 10.0 Å². The molecule has 0 heterocycles. The van der Waals surface area contributed by atoms with Gasteiger partial charge in [-0.1, -0.05) is 6.07 Å². The van der Waals surface area contributed by atoms with Crippen LogP contribution in [0.1, 0.15) is 12.0 Å². The maximum Gasteiger partial charge on any atom is 0.241 e. The minimum atomic E-state index is -3.41. The predicted molar refractivity (Wildman–Crippen MR) is 72.6 cm³/mol. The molecule has 0 spiro atoms. The summed E-state index contributed by atoms with van der Waals surface area (Å²) in [5, 5.41) is 2.97. The second-order valence-electron chi connectivity index (χ2n) is 3.79. The van der Waals surface area contributed by atoms with Crippen molar-refractivity contribution < 1.29 is 8.42 Å². The molecule has 6 heteroatoms. The van der Waals surface area contributed by atoms with E-state index in [2.05, 4.69) is 26.0 Å². The number of nitrogens with one attached hydrogen (secondary N) is 2. The van der Waals surface area contributed by atoms with Crippen LogP contribution in [0.5, 0.6) is 0 Å². The average molecular weight is 321 g/mol. The van der Waals surface area contributed by atoms with Crippen LogP contribution in [0.25, 0.3) is 0 Å². The first-order chi connectivity index (χ1) is 7.97. The molecule has 1 aromatic rings. The summed E-state index contributed by atoms with van der Waals surface area (Å²) < 4.78 is 27.1. The summed E-state index contributed by atoms with van der Waals surface area (Å²) in [7, 11) is -1.57. The van der Waals surface area contributed by atoms with E-state index in [1.54, 1.807) is 18.2 Å². The highest BCUT2D eigenvalue weighted by atomic mass is 79.9. The van der Waals surface area contributed by atoms with Gasteiger partial charge in [-0.2, -0.15) is 0 Å². The lowest BCUT2D eigenvalue weighted by atomic mass is 10.2. The second-order valence-corrected chi connectivity index (χ2v) is 6.38. The Balaban J connectivity index is 2.76. The van der Waals surface area contributed by atoms with Gasteiger partial charge in [0.1, 0.15) is 0 Å². The van der Waals surface area contributed by atoms with Crippen molar-refractivity contribution in [2.75, 3.05) is 20.1 Å². The molecule has 0 aliphatic heterocycles. The predicted octanol–water partition coefficient (Wildman–Crippen LogP) is 1.65. The summed E-state index contributed by atoms with van der Waals surface area (Å²) in [4.78, 5) is 0.285. The molecule has 0 saturated heterocycles. The average Bonchev–Trinajstić information content (AvgIpc) is 2.24. The maximum atomic E-state index is 12.0. The molecule has 0 radical (unpaired) electrons. The Hall–Kier alpha value is -0.430. The first-order valence-electron chi connectivity index (χ1n) is 5.38. The van der Waals surface area contributed by atoms with Gasteiger partial charge in [0.15, 0.2) is 0 Å². The Morgan fingerprint density at radius 1 is 1.29 bits per heavy atom. The number of benzene rings is 1. The molecule has 1 rings (SSSR count). The van der Waals surface area contributed by atoms with Crippen molar-refractivity contribution in [1.29, 1.82) is 0 Å². The summed E-state index contributed by atoms with van der Waals surface area (Å²) >= 11 is 3.27. The van der Waals surface area contributed by atoms with Gasteiger partial charge in [-0.15, -0.1) is 0 Å². The summed E-state index contributed by atoms with van der Waals surface area (Å²) in [6, 6.07) is 5.19. The fourth-order valence-electron chi connectivity index (χ4n) is 1.37. The number of aryl methyl sites for hydroxylation is 1. The van der Waals surface area contributed by atoms with Crippen LogP contribution in [-0.4, -0.2) is 28.6 Å².